The molecule has 3 N–H and O–H groups in total. The summed E-state index contributed by atoms with van der Waals surface area (Å²) < 4.78 is 15.9. The standard InChI is InChI=1S/C17H16ClFN6O/c1-20-17(26)11-4-3-5-13(19)16(11)24-14-6-15(21-8-12(14)18)23-10-7-22-25(2)9-10/h3-9H,1-2H3,(H,20,26)(H2,21,23,24). The fourth-order valence-electron chi connectivity index (χ4n) is 2.35. The number of nitrogens with zero attached hydrogens (tertiary/aromatic N) is 3. The molecule has 0 bridgehead atoms. The summed E-state index contributed by atoms with van der Waals surface area (Å²) >= 11 is 6.18. The summed E-state index contributed by atoms with van der Waals surface area (Å²) in [7, 11) is 3.28. The van der Waals surface area contributed by atoms with Gasteiger partial charge in [0.25, 0.3) is 5.91 Å². The number of amides is 1. The van der Waals surface area contributed by atoms with Crippen LogP contribution in [0.3, 0.4) is 0 Å². The van der Waals surface area contributed by atoms with E-state index in [1.165, 1.54) is 31.4 Å². The number of halogens is 2. The minimum atomic E-state index is -0.569. The van der Waals surface area contributed by atoms with E-state index in [1.807, 2.05) is 0 Å². The normalized spacial score (nSPS) is 10.5. The maximum absolute atomic E-state index is 14.3. The van der Waals surface area contributed by atoms with Crippen LogP contribution in [-0.4, -0.2) is 27.7 Å². The minimum absolute atomic E-state index is 0.0345. The Kier molecular flexibility index (Phi) is 5.04. The number of anilines is 4. The van der Waals surface area contributed by atoms with Crippen LogP contribution >= 0.6 is 11.6 Å². The second-order valence-corrected chi connectivity index (χ2v) is 5.85. The third-order valence-corrected chi connectivity index (χ3v) is 3.88. The highest BCUT2D eigenvalue weighted by molar-refractivity contribution is 6.33. The SMILES string of the molecule is CNC(=O)c1cccc(F)c1Nc1cc(Nc2cnn(C)c2)ncc1Cl. The molecule has 0 saturated carbocycles. The van der Waals surface area contributed by atoms with Crippen molar-refractivity contribution >= 4 is 40.4 Å². The first-order valence-corrected chi connectivity index (χ1v) is 8.04. The van der Waals surface area contributed by atoms with Crippen molar-refractivity contribution in [3.05, 3.63) is 59.3 Å². The summed E-state index contributed by atoms with van der Waals surface area (Å²) in [5, 5.41) is 12.8. The predicted molar refractivity (Wildman–Crippen MR) is 98.8 cm³/mol. The molecule has 0 aliphatic heterocycles. The molecular weight excluding hydrogens is 359 g/mol. The van der Waals surface area contributed by atoms with Crippen molar-refractivity contribution < 1.29 is 9.18 Å². The van der Waals surface area contributed by atoms with E-state index in [9.17, 15) is 9.18 Å². The van der Waals surface area contributed by atoms with Gasteiger partial charge >= 0.3 is 0 Å². The van der Waals surface area contributed by atoms with Crippen LogP contribution in [0.4, 0.5) is 27.3 Å². The minimum Gasteiger partial charge on any atom is -0.355 e. The molecule has 0 radical (unpaired) electrons. The van der Waals surface area contributed by atoms with E-state index in [0.717, 1.165) is 5.69 Å². The molecular formula is C17H16ClFN6O. The van der Waals surface area contributed by atoms with Crippen LogP contribution in [0.1, 0.15) is 10.4 Å². The van der Waals surface area contributed by atoms with E-state index in [0.29, 0.717) is 11.5 Å². The van der Waals surface area contributed by atoms with Crippen LogP contribution < -0.4 is 16.0 Å². The molecule has 9 heteroatoms. The number of benzene rings is 1. The number of nitrogens with one attached hydrogen (secondary N) is 3. The number of hydrogen-bond acceptors (Lipinski definition) is 5. The van der Waals surface area contributed by atoms with E-state index < -0.39 is 11.7 Å². The van der Waals surface area contributed by atoms with Crippen molar-refractivity contribution in [3.8, 4) is 0 Å². The summed E-state index contributed by atoms with van der Waals surface area (Å²) in [4.78, 5) is 16.2. The number of rotatable bonds is 5. The number of para-hydroxylation sites is 1. The summed E-state index contributed by atoms with van der Waals surface area (Å²) in [5.41, 5.74) is 1.35. The first kappa shape index (κ1) is 17.7. The van der Waals surface area contributed by atoms with Gasteiger partial charge in [-0.05, 0) is 12.1 Å². The molecule has 2 heterocycles. The Morgan fingerprint density at radius 1 is 1.27 bits per heavy atom. The Hall–Kier alpha value is -3.13. The van der Waals surface area contributed by atoms with Gasteiger partial charge in [0.15, 0.2) is 0 Å². The third kappa shape index (κ3) is 3.75. The second kappa shape index (κ2) is 7.40. The lowest BCUT2D eigenvalue weighted by molar-refractivity contribution is 0.0963. The zero-order valence-corrected chi connectivity index (χ0v) is 14.8. The zero-order chi connectivity index (χ0) is 18.7. The monoisotopic (exact) mass is 374 g/mol. The molecule has 1 aromatic carbocycles. The largest absolute Gasteiger partial charge is 0.355 e. The van der Waals surface area contributed by atoms with Gasteiger partial charge in [-0.2, -0.15) is 5.10 Å². The molecule has 3 aromatic rings. The molecule has 2 aromatic heterocycles. The number of carbonyl (C=O) groups excluding carboxylic acids is 1. The zero-order valence-electron chi connectivity index (χ0n) is 14.0. The van der Waals surface area contributed by atoms with Gasteiger partial charge in [0.1, 0.15) is 11.6 Å². The van der Waals surface area contributed by atoms with Crippen LogP contribution in [-0.2, 0) is 7.05 Å². The van der Waals surface area contributed by atoms with E-state index >= 15 is 0 Å². The molecule has 7 nitrogen and oxygen atoms in total. The number of aromatic nitrogens is 3. The average molecular weight is 375 g/mol. The Bertz CT molecular complexity index is 958. The molecule has 0 fully saturated rings. The first-order valence-electron chi connectivity index (χ1n) is 7.66. The van der Waals surface area contributed by atoms with Gasteiger partial charge in [0.2, 0.25) is 0 Å². The highest BCUT2D eigenvalue weighted by Crippen LogP contribution is 2.31. The van der Waals surface area contributed by atoms with Gasteiger partial charge in [0, 0.05) is 26.4 Å². The summed E-state index contributed by atoms with van der Waals surface area (Å²) in [6, 6.07) is 5.87. The number of carbonyl (C=O) groups is 1. The van der Waals surface area contributed by atoms with Crippen molar-refractivity contribution in [2.45, 2.75) is 0 Å². The van der Waals surface area contributed by atoms with Gasteiger partial charge in [0.05, 0.1) is 40.0 Å². The second-order valence-electron chi connectivity index (χ2n) is 5.44. The molecule has 26 heavy (non-hydrogen) atoms. The lowest BCUT2D eigenvalue weighted by Gasteiger charge is -2.14. The lowest BCUT2D eigenvalue weighted by Crippen LogP contribution is -2.19. The molecule has 1 amide bonds. The highest BCUT2D eigenvalue weighted by atomic mass is 35.5. The predicted octanol–water partition coefficient (Wildman–Crippen LogP) is 3.45. The van der Waals surface area contributed by atoms with Gasteiger partial charge < -0.3 is 16.0 Å². The summed E-state index contributed by atoms with van der Waals surface area (Å²) in [5.74, 6) is -0.491. The van der Waals surface area contributed by atoms with E-state index in [1.54, 1.807) is 30.2 Å². The quantitative estimate of drug-likeness (QED) is 0.637. The number of aryl methyl sites for hydroxylation is 1. The summed E-state index contributed by atoms with van der Waals surface area (Å²) in [6.45, 7) is 0. The third-order valence-electron chi connectivity index (χ3n) is 3.58. The Balaban J connectivity index is 1.93. The van der Waals surface area contributed by atoms with Crippen LogP contribution in [0.5, 0.6) is 0 Å². The Morgan fingerprint density at radius 2 is 2.08 bits per heavy atom. The van der Waals surface area contributed by atoms with Gasteiger partial charge in [-0.15, -0.1) is 0 Å². The van der Waals surface area contributed by atoms with Crippen molar-refractivity contribution in [1.82, 2.24) is 20.1 Å². The molecule has 134 valence electrons. The topological polar surface area (TPSA) is 83.9 Å². The van der Waals surface area contributed by atoms with E-state index in [4.69, 9.17) is 11.6 Å². The molecule has 0 unspecified atom stereocenters. The van der Waals surface area contributed by atoms with Crippen molar-refractivity contribution in [2.75, 3.05) is 17.7 Å². The van der Waals surface area contributed by atoms with Crippen LogP contribution in [0.2, 0.25) is 5.02 Å². The smallest absolute Gasteiger partial charge is 0.253 e. The van der Waals surface area contributed by atoms with E-state index in [2.05, 4.69) is 26.0 Å². The fourth-order valence-corrected chi connectivity index (χ4v) is 2.50. The molecule has 0 aliphatic rings. The Morgan fingerprint density at radius 3 is 2.77 bits per heavy atom. The molecule has 0 aliphatic carbocycles. The van der Waals surface area contributed by atoms with Crippen molar-refractivity contribution in [1.29, 1.82) is 0 Å². The maximum atomic E-state index is 14.3. The molecule has 0 spiro atoms. The van der Waals surface area contributed by atoms with Gasteiger partial charge in [-0.1, -0.05) is 17.7 Å². The highest BCUT2D eigenvalue weighted by Gasteiger charge is 2.16. The van der Waals surface area contributed by atoms with Crippen LogP contribution in [0.25, 0.3) is 0 Å². The Labute approximate surface area is 154 Å². The number of hydrogen-bond donors (Lipinski definition) is 3. The van der Waals surface area contributed by atoms with Gasteiger partial charge in [-0.25, -0.2) is 9.37 Å². The van der Waals surface area contributed by atoms with E-state index in [-0.39, 0.29) is 16.3 Å². The average Bonchev–Trinajstić information content (AvgIpc) is 3.03. The van der Waals surface area contributed by atoms with Gasteiger partial charge in [-0.3, -0.25) is 9.48 Å². The maximum Gasteiger partial charge on any atom is 0.253 e. The number of pyridine rings is 1. The summed E-state index contributed by atoms with van der Waals surface area (Å²) in [6.07, 6.45) is 4.86. The molecule has 3 rings (SSSR count). The fraction of sp³-hybridized carbons (Fsp3) is 0.118. The lowest BCUT2D eigenvalue weighted by atomic mass is 10.1. The molecule has 0 atom stereocenters. The van der Waals surface area contributed by atoms with Crippen LogP contribution in [0, 0.1) is 5.82 Å². The first-order chi connectivity index (χ1) is 12.5. The molecule has 0 saturated heterocycles. The van der Waals surface area contributed by atoms with Crippen molar-refractivity contribution in [2.24, 2.45) is 7.05 Å². The van der Waals surface area contributed by atoms with Crippen molar-refractivity contribution in [3.63, 3.8) is 0 Å². The van der Waals surface area contributed by atoms with Crippen LogP contribution in [0.15, 0.2) is 42.9 Å².